The van der Waals surface area contributed by atoms with E-state index in [4.69, 9.17) is 4.42 Å². The van der Waals surface area contributed by atoms with Gasteiger partial charge in [-0.25, -0.2) is 0 Å². The zero-order valence-electron chi connectivity index (χ0n) is 15.1. The molecule has 8 heteroatoms. The van der Waals surface area contributed by atoms with Crippen LogP contribution >= 0.6 is 0 Å². The van der Waals surface area contributed by atoms with E-state index in [2.05, 4.69) is 15.3 Å². The fraction of sp³-hybridized carbons (Fsp3) is 0.238. The minimum atomic E-state index is -4.46. The summed E-state index contributed by atoms with van der Waals surface area (Å²) in [5, 5.41) is 13.4. The molecule has 0 bridgehead atoms. The van der Waals surface area contributed by atoms with Gasteiger partial charge >= 0.3 is 6.18 Å². The van der Waals surface area contributed by atoms with Crippen LogP contribution in [0.3, 0.4) is 0 Å². The number of anilines is 2. The maximum absolute atomic E-state index is 13.1. The second-order valence-corrected chi connectivity index (χ2v) is 7.19. The molecule has 2 N–H and O–H groups in total. The van der Waals surface area contributed by atoms with Crippen LogP contribution in [0, 0.1) is 0 Å². The first kappa shape index (κ1) is 17.9. The molecule has 148 valence electrons. The lowest BCUT2D eigenvalue weighted by atomic mass is 9.88. The van der Waals surface area contributed by atoms with Crippen molar-refractivity contribution >= 4 is 33.7 Å². The van der Waals surface area contributed by atoms with E-state index in [0.29, 0.717) is 17.5 Å². The molecular formula is C21H16F3N3O2. The Hall–Kier alpha value is -3.13. The van der Waals surface area contributed by atoms with Crippen molar-refractivity contribution in [2.24, 2.45) is 0 Å². The predicted molar refractivity (Wildman–Crippen MR) is 102 cm³/mol. The Bertz CT molecular complexity index is 1230. The molecule has 2 heterocycles. The van der Waals surface area contributed by atoms with E-state index in [1.807, 2.05) is 18.2 Å². The van der Waals surface area contributed by atoms with Crippen LogP contribution in [0.2, 0.25) is 0 Å². The minimum absolute atomic E-state index is 0.167. The number of benzene rings is 2. The number of hydrogen-bond acceptors (Lipinski definition) is 5. The second-order valence-electron chi connectivity index (χ2n) is 7.19. The van der Waals surface area contributed by atoms with Crippen LogP contribution in [-0.2, 0) is 19.0 Å². The van der Waals surface area contributed by atoms with E-state index < -0.39 is 17.8 Å². The highest BCUT2D eigenvalue weighted by Gasteiger charge is 2.31. The molecule has 29 heavy (non-hydrogen) atoms. The lowest BCUT2D eigenvalue weighted by Gasteiger charge is -2.23. The molecule has 5 rings (SSSR count). The second kappa shape index (κ2) is 6.45. The monoisotopic (exact) mass is 399 g/mol. The van der Waals surface area contributed by atoms with Crippen molar-refractivity contribution in [3.8, 4) is 0 Å². The van der Waals surface area contributed by atoms with Crippen LogP contribution < -0.4 is 5.32 Å². The van der Waals surface area contributed by atoms with Crippen molar-refractivity contribution in [2.75, 3.05) is 5.32 Å². The number of alkyl halides is 3. The largest absolute Gasteiger partial charge is 0.423 e. The van der Waals surface area contributed by atoms with Crippen LogP contribution in [0.1, 0.15) is 23.1 Å². The molecule has 2 aromatic heterocycles. The molecule has 0 amide bonds. The molecule has 4 aromatic rings. The van der Waals surface area contributed by atoms with Crippen LogP contribution in [0.15, 0.2) is 47.0 Å². The average Bonchev–Trinajstić information content (AvgIpc) is 3.10. The molecule has 0 radical (unpaired) electrons. The fourth-order valence-electron chi connectivity index (χ4n) is 3.81. The van der Waals surface area contributed by atoms with Crippen molar-refractivity contribution in [1.82, 2.24) is 9.97 Å². The Balaban J connectivity index is 1.58. The SMILES string of the molecule is O[C@H]1CCc2cccc(Nc3nc4cnc5ccc(C(F)(F)F)cc5c4o3)c2C1. The Labute approximate surface area is 163 Å². The van der Waals surface area contributed by atoms with Gasteiger partial charge in [0, 0.05) is 17.5 Å². The van der Waals surface area contributed by atoms with Gasteiger partial charge < -0.3 is 14.8 Å². The van der Waals surface area contributed by atoms with E-state index in [-0.39, 0.29) is 17.0 Å². The number of halogens is 3. The minimum Gasteiger partial charge on any atom is -0.423 e. The molecule has 5 nitrogen and oxygen atoms in total. The predicted octanol–water partition coefficient (Wildman–Crippen LogP) is 4.99. The normalized spacial score (nSPS) is 16.9. The molecule has 0 saturated heterocycles. The van der Waals surface area contributed by atoms with Gasteiger partial charge in [-0.15, -0.1) is 0 Å². The van der Waals surface area contributed by atoms with Gasteiger partial charge in [-0.2, -0.15) is 18.2 Å². The number of aryl methyl sites for hydroxylation is 1. The lowest BCUT2D eigenvalue weighted by Crippen LogP contribution is -2.19. The van der Waals surface area contributed by atoms with Crippen molar-refractivity contribution in [3.05, 3.63) is 59.3 Å². The number of pyridine rings is 1. The zero-order valence-corrected chi connectivity index (χ0v) is 15.1. The van der Waals surface area contributed by atoms with E-state index in [1.165, 1.54) is 12.3 Å². The molecule has 1 atom stereocenters. The van der Waals surface area contributed by atoms with Crippen molar-refractivity contribution in [1.29, 1.82) is 0 Å². The van der Waals surface area contributed by atoms with E-state index in [9.17, 15) is 18.3 Å². The molecule has 0 fully saturated rings. The summed E-state index contributed by atoms with van der Waals surface area (Å²) in [6.45, 7) is 0. The Morgan fingerprint density at radius 1 is 1.14 bits per heavy atom. The molecule has 0 aliphatic heterocycles. The van der Waals surface area contributed by atoms with Gasteiger partial charge in [-0.3, -0.25) is 4.98 Å². The summed E-state index contributed by atoms with van der Waals surface area (Å²) in [4.78, 5) is 8.52. The van der Waals surface area contributed by atoms with Crippen molar-refractivity contribution < 1.29 is 22.7 Å². The van der Waals surface area contributed by atoms with E-state index in [1.54, 1.807) is 0 Å². The molecule has 0 unspecified atom stereocenters. The quantitative estimate of drug-likeness (QED) is 0.497. The summed E-state index contributed by atoms with van der Waals surface area (Å²) in [6, 6.07) is 9.31. The summed E-state index contributed by atoms with van der Waals surface area (Å²) < 4.78 is 45.1. The lowest BCUT2D eigenvalue weighted by molar-refractivity contribution is -0.137. The summed E-state index contributed by atoms with van der Waals surface area (Å²) in [5.41, 5.74) is 3.15. The van der Waals surface area contributed by atoms with Gasteiger partial charge in [0.15, 0.2) is 5.58 Å². The van der Waals surface area contributed by atoms with Gasteiger partial charge in [0.25, 0.3) is 6.01 Å². The molecule has 0 saturated carbocycles. The van der Waals surface area contributed by atoms with E-state index >= 15 is 0 Å². The Kier molecular flexibility index (Phi) is 3.99. The fourth-order valence-corrected chi connectivity index (χ4v) is 3.81. The van der Waals surface area contributed by atoms with Gasteiger partial charge in [0.2, 0.25) is 0 Å². The standard InChI is InChI=1S/C21H16F3N3O2/c22-21(23,24)12-5-7-16-15(8-12)19-18(10-25-16)27-20(29-19)26-17-3-1-2-11-4-6-13(28)9-14(11)17/h1-3,5,7-8,10,13,28H,4,6,9H2,(H,26,27)/t13-/m0/s1. The Morgan fingerprint density at radius 2 is 2.00 bits per heavy atom. The Morgan fingerprint density at radius 3 is 2.83 bits per heavy atom. The number of fused-ring (bicyclic) bond motifs is 4. The van der Waals surface area contributed by atoms with Crippen LogP contribution in [0.25, 0.3) is 22.0 Å². The van der Waals surface area contributed by atoms with Gasteiger partial charge in [0.05, 0.1) is 23.4 Å². The number of hydrogen-bond donors (Lipinski definition) is 2. The third-order valence-electron chi connectivity index (χ3n) is 5.25. The number of aliphatic hydroxyl groups excluding tert-OH is 1. The maximum Gasteiger partial charge on any atom is 0.416 e. The van der Waals surface area contributed by atoms with Gasteiger partial charge in [-0.1, -0.05) is 12.1 Å². The topological polar surface area (TPSA) is 71.2 Å². The first-order valence-corrected chi connectivity index (χ1v) is 9.21. The van der Waals surface area contributed by atoms with Gasteiger partial charge in [0.1, 0.15) is 5.52 Å². The van der Waals surface area contributed by atoms with Crippen LogP contribution in [-0.4, -0.2) is 21.2 Å². The van der Waals surface area contributed by atoms with Crippen LogP contribution in [0.5, 0.6) is 0 Å². The highest BCUT2D eigenvalue weighted by Crippen LogP contribution is 2.35. The number of aromatic nitrogens is 2. The number of nitrogens with zero attached hydrogens (tertiary/aromatic N) is 2. The molecule has 0 spiro atoms. The summed E-state index contributed by atoms with van der Waals surface area (Å²) in [5.74, 6) is 0. The first-order valence-electron chi connectivity index (χ1n) is 9.21. The highest BCUT2D eigenvalue weighted by atomic mass is 19.4. The van der Waals surface area contributed by atoms with Crippen LogP contribution in [0.4, 0.5) is 24.9 Å². The molecule has 2 aromatic carbocycles. The number of nitrogens with one attached hydrogen (secondary N) is 1. The summed E-state index contributed by atoms with van der Waals surface area (Å²) in [7, 11) is 0. The summed E-state index contributed by atoms with van der Waals surface area (Å²) in [6.07, 6.45) is -1.35. The number of oxazole rings is 1. The first-order chi connectivity index (χ1) is 13.9. The number of aliphatic hydroxyl groups is 1. The molecule has 1 aliphatic rings. The zero-order chi connectivity index (χ0) is 20.2. The molecule has 1 aliphatic carbocycles. The molecular weight excluding hydrogens is 383 g/mol. The smallest absolute Gasteiger partial charge is 0.416 e. The van der Waals surface area contributed by atoms with Gasteiger partial charge in [-0.05, 0) is 48.2 Å². The third-order valence-corrected chi connectivity index (χ3v) is 5.25. The van der Waals surface area contributed by atoms with Crippen molar-refractivity contribution in [3.63, 3.8) is 0 Å². The van der Waals surface area contributed by atoms with Crippen molar-refractivity contribution in [2.45, 2.75) is 31.5 Å². The summed E-state index contributed by atoms with van der Waals surface area (Å²) >= 11 is 0. The van der Waals surface area contributed by atoms with E-state index in [0.717, 1.165) is 41.8 Å². The maximum atomic E-state index is 13.1. The third kappa shape index (κ3) is 3.19. The highest BCUT2D eigenvalue weighted by molar-refractivity contribution is 6.01. The average molecular weight is 399 g/mol. The number of rotatable bonds is 2.